The van der Waals surface area contributed by atoms with E-state index in [4.69, 9.17) is 14.2 Å². The van der Waals surface area contributed by atoms with Crippen molar-refractivity contribution in [1.29, 1.82) is 0 Å². The first-order chi connectivity index (χ1) is 24.3. The van der Waals surface area contributed by atoms with Crippen LogP contribution in [0.3, 0.4) is 0 Å². The Bertz CT molecular complexity index is 2180. The van der Waals surface area contributed by atoms with E-state index in [0.29, 0.717) is 24.9 Å². The number of hydrogen-bond acceptors (Lipinski definition) is 10. The third kappa shape index (κ3) is 6.79. The normalized spacial score (nSPS) is 16.4. The van der Waals surface area contributed by atoms with E-state index in [1.807, 2.05) is 11.6 Å². The number of carbonyl (C=O) groups excluding carboxylic acids is 3. The van der Waals surface area contributed by atoms with E-state index in [1.165, 1.54) is 17.1 Å². The van der Waals surface area contributed by atoms with E-state index in [9.17, 15) is 36.0 Å². The highest BCUT2D eigenvalue weighted by atomic mass is 32.2. The van der Waals surface area contributed by atoms with Gasteiger partial charge in [0.25, 0.3) is 21.8 Å². The number of aryl methyl sites for hydroxylation is 1. The highest BCUT2D eigenvalue weighted by Crippen LogP contribution is 2.33. The van der Waals surface area contributed by atoms with Crippen molar-refractivity contribution in [3.05, 3.63) is 101 Å². The van der Waals surface area contributed by atoms with Crippen molar-refractivity contribution in [2.75, 3.05) is 24.8 Å². The Morgan fingerprint density at radius 1 is 1.00 bits per heavy atom. The molecule has 3 amide bonds. The van der Waals surface area contributed by atoms with Crippen LogP contribution in [0.4, 0.5) is 18.0 Å². The standard InChI is InChI=1S/C32H28F3N7O8S/c1-20-8-10-21(11-9-20)27-17-28(32(33,34)35)36-40(27)22-12-14-24(15-13-22)51(46,47)37-31(45)49-23-5-4-16-38(18-23)41-42(50-41)48-19-39-29(43)25-6-2-3-7-26(25)30(39)44/h2-3,6-15,17,23H,4-5,16,18-19H2,1H3,(H,37,45). The summed E-state index contributed by atoms with van der Waals surface area (Å²) in [5, 5.41) is 6.28. The van der Waals surface area contributed by atoms with Crippen LogP contribution in [0.25, 0.3) is 16.9 Å². The largest absolute Gasteiger partial charge is 0.444 e. The van der Waals surface area contributed by atoms with E-state index >= 15 is 0 Å². The Morgan fingerprint density at radius 3 is 2.31 bits per heavy atom. The molecule has 0 saturated carbocycles. The highest BCUT2D eigenvalue weighted by Gasteiger charge is 2.38. The summed E-state index contributed by atoms with van der Waals surface area (Å²) < 4.78 is 80.3. The third-order valence-electron chi connectivity index (χ3n) is 8.26. The number of fused-ring (bicyclic) bond motifs is 1. The van der Waals surface area contributed by atoms with Gasteiger partial charge in [-0.15, -0.1) is 0 Å². The Morgan fingerprint density at radius 2 is 1.67 bits per heavy atom. The second-order valence-corrected chi connectivity index (χ2v) is 13.5. The van der Waals surface area contributed by atoms with Gasteiger partial charge >= 0.3 is 12.3 Å². The van der Waals surface area contributed by atoms with Crippen molar-refractivity contribution < 1.29 is 50.2 Å². The summed E-state index contributed by atoms with van der Waals surface area (Å²) in [5.74, 6) is -1.01. The third-order valence-corrected chi connectivity index (χ3v) is 9.59. The molecule has 4 heterocycles. The Labute approximate surface area is 287 Å². The molecule has 15 nitrogen and oxygen atoms in total. The number of nitrogens with zero attached hydrogens (tertiary/aromatic N) is 6. The zero-order valence-electron chi connectivity index (χ0n) is 26.6. The number of aromatic nitrogens is 4. The van der Waals surface area contributed by atoms with Gasteiger partial charge in [-0.3, -0.25) is 14.6 Å². The van der Waals surface area contributed by atoms with Gasteiger partial charge in [-0.05, 0) is 62.2 Å². The predicted octanol–water partition coefficient (Wildman–Crippen LogP) is 3.96. The van der Waals surface area contributed by atoms with Gasteiger partial charge in [-0.25, -0.2) is 27.5 Å². The minimum absolute atomic E-state index is 0.0993. The molecule has 0 spiro atoms. The molecule has 1 saturated heterocycles. The number of carbonyl (C=O) groups is 3. The van der Waals surface area contributed by atoms with Crippen molar-refractivity contribution in [2.45, 2.75) is 36.9 Å². The first kappa shape index (κ1) is 33.5. The molecule has 3 aromatic carbocycles. The highest BCUT2D eigenvalue weighted by molar-refractivity contribution is 7.90. The summed E-state index contributed by atoms with van der Waals surface area (Å²) in [6, 6.07) is 18.9. The Kier molecular flexibility index (Phi) is 8.36. The van der Waals surface area contributed by atoms with Crippen molar-refractivity contribution in [3.63, 3.8) is 0 Å². The van der Waals surface area contributed by atoms with Crippen molar-refractivity contribution >= 4 is 27.9 Å². The van der Waals surface area contributed by atoms with Crippen LogP contribution in [0.15, 0.2) is 88.4 Å². The fourth-order valence-corrected chi connectivity index (χ4v) is 6.54. The second-order valence-electron chi connectivity index (χ2n) is 11.8. The van der Waals surface area contributed by atoms with Crippen molar-refractivity contribution in [2.24, 2.45) is 0 Å². The molecular weight excluding hydrogens is 699 g/mol. The van der Waals surface area contributed by atoms with Gasteiger partial charge in [0.05, 0.1) is 33.9 Å². The van der Waals surface area contributed by atoms with Gasteiger partial charge in [0.1, 0.15) is 11.1 Å². The Balaban J connectivity index is 0.955. The summed E-state index contributed by atoms with van der Waals surface area (Å²) in [4.78, 5) is 45.0. The van der Waals surface area contributed by atoms with Crippen LogP contribution < -0.4 is 14.6 Å². The molecule has 7 rings (SSSR count). The van der Waals surface area contributed by atoms with E-state index < -0.39 is 52.6 Å². The first-order valence-electron chi connectivity index (χ1n) is 15.5. The topological polar surface area (TPSA) is 163 Å². The summed E-state index contributed by atoms with van der Waals surface area (Å²) in [6.07, 6.45) is -5.75. The lowest BCUT2D eigenvalue weighted by Crippen LogP contribution is -2.47. The predicted molar refractivity (Wildman–Crippen MR) is 170 cm³/mol. The lowest BCUT2D eigenvalue weighted by atomic mass is 10.1. The molecule has 0 bridgehead atoms. The van der Waals surface area contributed by atoms with Crippen molar-refractivity contribution in [3.8, 4) is 16.9 Å². The average Bonchev–Trinajstić information content (AvgIpc) is 3.65. The lowest BCUT2D eigenvalue weighted by molar-refractivity contribution is -0.141. The van der Waals surface area contributed by atoms with Crippen molar-refractivity contribution in [1.82, 2.24) is 29.4 Å². The number of amides is 3. The quantitative estimate of drug-likeness (QED) is 0.220. The number of benzene rings is 3. The zero-order chi connectivity index (χ0) is 36.1. The number of imide groups is 1. The maximum absolute atomic E-state index is 13.6. The molecule has 1 fully saturated rings. The van der Waals surface area contributed by atoms with Crippen LogP contribution in [0.5, 0.6) is 0 Å². The molecular formula is C32H28F3N7O8S. The van der Waals surface area contributed by atoms with Gasteiger partial charge in [0, 0.05) is 17.1 Å². The van der Waals surface area contributed by atoms with Gasteiger partial charge in [0.2, 0.25) is 6.73 Å². The lowest BCUT2D eigenvalue weighted by Gasteiger charge is -2.29. The van der Waals surface area contributed by atoms with Gasteiger partial charge in [-0.1, -0.05) is 42.0 Å². The summed E-state index contributed by atoms with van der Waals surface area (Å²) in [5.41, 5.74) is 1.11. The molecule has 19 heteroatoms. The monoisotopic (exact) mass is 727 g/mol. The first-order valence-corrected chi connectivity index (χ1v) is 17.0. The van der Waals surface area contributed by atoms with E-state index in [2.05, 4.69) is 5.10 Å². The number of ether oxygens (including phenoxy) is 1. The average molecular weight is 728 g/mol. The smallest absolute Gasteiger partial charge is 0.435 e. The molecule has 0 radical (unpaired) electrons. The number of alkyl halides is 3. The minimum Gasteiger partial charge on any atom is -0.444 e. The van der Waals surface area contributed by atoms with E-state index in [0.717, 1.165) is 38.4 Å². The number of hydrogen-bond donors (Lipinski definition) is 1. The molecule has 2 aromatic heterocycles. The molecule has 0 aliphatic carbocycles. The summed E-state index contributed by atoms with van der Waals surface area (Å²) in [7, 11) is -4.44. The molecule has 266 valence electrons. The van der Waals surface area contributed by atoms with Crippen LogP contribution in [0.1, 0.15) is 44.8 Å². The molecule has 1 atom stereocenters. The number of rotatable bonds is 9. The van der Waals surface area contributed by atoms with Crippen LogP contribution in [-0.4, -0.2) is 76.9 Å². The summed E-state index contributed by atoms with van der Waals surface area (Å²) >= 11 is 0. The van der Waals surface area contributed by atoms with Crippen LogP contribution >= 0.6 is 0 Å². The number of piperidine rings is 1. The molecule has 2 aliphatic heterocycles. The Hall–Kier alpha value is -5.98. The number of sulfonamides is 1. The molecule has 1 unspecified atom stereocenters. The van der Waals surface area contributed by atoms with Gasteiger partial charge in [-0.2, -0.15) is 22.9 Å². The molecule has 2 aliphatic rings. The number of nitrogens with one attached hydrogen (secondary N) is 1. The maximum atomic E-state index is 13.6. The van der Waals surface area contributed by atoms with Crippen LogP contribution in [-0.2, 0) is 20.9 Å². The summed E-state index contributed by atoms with van der Waals surface area (Å²) in [6.45, 7) is 1.99. The maximum Gasteiger partial charge on any atom is 0.435 e. The molecule has 5 aromatic rings. The van der Waals surface area contributed by atoms with Gasteiger partial charge < -0.3 is 9.57 Å². The van der Waals surface area contributed by atoms with E-state index in [-0.39, 0.29) is 33.9 Å². The van der Waals surface area contributed by atoms with E-state index in [1.54, 1.807) is 53.5 Å². The van der Waals surface area contributed by atoms with Crippen LogP contribution in [0.2, 0.25) is 0 Å². The zero-order valence-corrected chi connectivity index (χ0v) is 27.4. The minimum atomic E-state index is -4.71. The molecule has 1 N–H and O–H groups in total. The molecule has 51 heavy (non-hydrogen) atoms. The number of halogens is 3. The fraction of sp³-hybridized carbons (Fsp3) is 0.250. The fourth-order valence-electron chi connectivity index (χ4n) is 5.67. The van der Waals surface area contributed by atoms with Crippen LogP contribution in [0, 0.1) is 6.92 Å². The second kappa shape index (κ2) is 12.7. The van der Waals surface area contributed by atoms with Gasteiger partial charge in [0.15, 0.2) is 5.69 Å². The SMILES string of the molecule is Cc1ccc(-c2cc(C(F)(F)F)nn2-c2ccc(S(=O)(=O)NC(=O)OC3CCCN(n4on4OCN4C(=O)c5ccccc5C4=O)C3)cc2)cc1.